The van der Waals surface area contributed by atoms with Crippen LogP contribution in [0.3, 0.4) is 0 Å². The number of aryl methyl sites for hydroxylation is 1. The molecule has 3 aromatic rings. The molecule has 30 heavy (non-hydrogen) atoms. The zero-order valence-electron chi connectivity index (χ0n) is 15.4. The third kappa shape index (κ3) is 4.45. The van der Waals surface area contributed by atoms with Crippen LogP contribution in [-0.2, 0) is 12.4 Å². The van der Waals surface area contributed by atoms with E-state index in [0.29, 0.717) is 6.20 Å². The molecular weight excluding hydrogens is 410 g/mol. The van der Waals surface area contributed by atoms with Gasteiger partial charge in [-0.25, -0.2) is 0 Å². The molecule has 1 heterocycles. The minimum Gasteiger partial charge on any atom is -0.321 e. The predicted molar refractivity (Wildman–Crippen MR) is 98.8 cm³/mol. The normalized spacial score (nSPS) is 12.0. The van der Waals surface area contributed by atoms with Crippen molar-refractivity contribution < 1.29 is 31.1 Å². The Hall–Kier alpha value is -3.36. The first-order chi connectivity index (χ1) is 14.0. The maximum absolute atomic E-state index is 13.2. The zero-order valence-corrected chi connectivity index (χ0v) is 15.4. The molecule has 3 rings (SSSR count). The number of benzene rings is 2. The van der Waals surface area contributed by atoms with Gasteiger partial charge in [0.15, 0.2) is 0 Å². The summed E-state index contributed by atoms with van der Waals surface area (Å²) in [4.78, 5) is 16.4. The SMILES string of the molecule is Cc1cc(C(F)(F)F)cnc1-c1ccccc1NC(=O)c1ccccc1C(F)(F)F. The monoisotopic (exact) mass is 424 g/mol. The molecule has 0 bridgehead atoms. The number of halogens is 6. The second-order valence-electron chi connectivity index (χ2n) is 6.43. The lowest BCUT2D eigenvalue weighted by atomic mass is 10.0. The fourth-order valence-corrected chi connectivity index (χ4v) is 2.93. The van der Waals surface area contributed by atoms with Crippen LogP contribution in [0.4, 0.5) is 32.0 Å². The molecule has 0 aliphatic carbocycles. The lowest BCUT2D eigenvalue weighted by Crippen LogP contribution is -2.19. The molecule has 3 nitrogen and oxygen atoms in total. The average Bonchev–Trinajstić information content (AvgIpc) is 2.67. The lowest BCUT2D eigenvalue weighted by Gasteiger charge is -2.16. The Balaban J connectivity index is 1.99. The van der Waals surface area contributed by atoms with E-state index in [0.717, 1.165) is 18.2 Å². The van der Waals surface area contributed by atoms with E-state index in [4.69, 9.17) is 0 Å². The van der Waals surface area contributed by atoms with Crippen molar-refractivity contribution in [3.8, 4) is 11.3 Å². The molecule has 0 saturated heterocycles. The van der Waals surface area contributed by atoms with Crippen LogP contribution < -0.4 is 5.32 Å². The Labute approximate surface area is 167 Å². The number of rotatable bonds is 3. The number of nitrogens with one attached hydrogen (secondary N) is 1. The molecule has 0 aliphatic rings. The van der Waals surface area contributed by atoms with Gasteiger partial charge in [0, 0.05) is 11.8 Å². The number of nitrogens with zero attached hydrogens (tertiary/aromatic N) is 1. The first-order valence-corrected chi connectivity index (χ1v) is 8.59. The summed E-state index contributed by atoms with van der Waals surface area (Å²) in [6.45, 7) is 1.43. The molecule has 0 unspecified atom stereocenters. The molecule has 0 saturated carbocycles. The van der Waals surface area contributed by atoms with Crippen LogP contribution in [0.1, 0.15) is 27.0 Å². The van der Waals surface area contributed by atoms with Crippen molar-refractivity contribution >= 4 is 11.6 Å². The van der Waals surface area contributed by atoms with E-state index in [-0.39, 0.29) is 22.5 Å². The topological polar surface area (TPSA) is 42.0 Å². The molecule has 0 aliphatic heterocycles. The molecule has 9 heteroatoms. The van der Waals surface area contributed by atoms with Gasteiger partial charge >= 0.3 is 12.4 Å². The quantitative estimate of drug-likeness (QED) is 0.498. The highest BCUT2D eigenvalue weighted by Crippen LogP contribution is 2.35. The summed E-state index contributed by atoms with van der Waals surface area (Å²) in [7, 11) is 0. The fraction of sp³-hybridized carbons (Fsp3) is 0.143. The highest BCUT2D eigenvalue weighted by molar-refractivity contribution is 6.07. The van der Waals surface area contributed by atoms with Crippen molar-refractivity contribution in [2.45, 2.75) is 19.3 Å². The Bertz CT molecular complexity index is 1090. The van der Waals surface area contributed by atoms with E-state index in [9.17, 15) is 31.1 Å². The van der Waals surface area contributed by atoms with Crippen LogP contribution in [0.15, 0.2) is 60.8 Å². The van der Waals surface area contributed by atoms with Crippen molar-refractivity contribution in [2.24, 2.45) is 0 Å². The van der Waals surface area contributed by atoms with E-state index >= 15 is 0 Å². The summed E-state index contributed by atoms with van der Waals surface area (Å²) in [5, 5.41) is 2.41. The van der Waals surface area contributed by atoms with E-state index in [1.54, 1.807) is 6.07 Å². The number of carbonyl (C=O) groups is 1. The van der Waals surface area contributed by atoms with Gasteiger partial charge in [-0.05, 0) is 36.8 Å². The number of carbonyl (C=O) groups excluding carboxylic acids is 1. The first-order valence-electron chi connectivity index (χ1n) is 8.59. The van der Waals surface area contributed by atoms with Crippen LogP contribution >= 0.6 is 0 Å². The molecule has 0 atom stereocenters. The van der Waals surface area contributed by atoms with E-state index in [2.05, 4.69) is 10.3 Å². The second kappa shape index (κ2) is 7.81. The van der Waals surface area contributed by atoms with Crippen LogP contribution in [0.2, 0.25) is 0 Å². The van der Waals surface area contributed by atoms with E-state index in [1.807, 2.05) is 0 Å². The van der Waals surface area contributed by atoms with Gasteiger partial charge in [-0.3, -0.25) is 9.78 Å². The van der Waals surface area contributed by atoms with E-state index < -0.39 is 35.0 Å². The van der Waals surface area contributed by atoms with Crippen molar-refractivity contribution in [3.63, 3.8) is 0 Å². The van der Waals surface area contributed by atoms with Gasteiger partial charge in [0.05, 0.1) is 28.1 Å². The molecule has 1 aromatic heterocycles. The highest BCUT2D eigenvalue weighted by Gasteiger charge is 2.35. The Morgan fingerprint density at radius 2 is 1.53 bits per heavy atom. The number of hydrogen-bond donors (Lipinski definition) is 1. The molecule has 0 fully saturated rings. The molecule has 1 amide bonds. The smallest absolute Gasteiger partial charge is 0.321 e. The van der Waals surface area contributed by atoms with Crippen molar-refractivity contribution in [1.29, 1.82) is 0 Å². The molecule has 0 spiro atoms. The van der Waals surface area contributed by atoms with Gasteiger partial charge in [0.2, 0.25) is 0 Å². The van der Waals surface area contributed by atoms with Crippen molar-refractivity contribution in [3.05, 3.63) is 83.0 Å². The van der Waals surface area contributed by atoms with E-state index in [1.165, 1.54) is 37.3 Å². The minimum absolute atomic E-state index is 0.120. The van der Waals surface area contributed by atoms with Gasteiger partial charge in [-0.2, -0.15) is 26.3 Å². The van der Waals surface area contributed by atoms with Crippen LogP contribution in [0.25, 0.3) is 11.3 Å². The number of para-hydroxylation sites is 1. The summed E-state index contributed by atoms with van der Waals surface area (Å²) in [6.07, 6.45) is -8.62. The zero-order chi connectivity index (χ0) is 22.1. The Morgan fingerprint density at radius 3 is 2.17 bits per heavy atom. The number of hydrogen-bond acceptors (Lipinski definition) is 2. The number of alkyl halides is 6. The Kier molecular flexibility index (Phi) is 5.56. The number of anilines is 1. The molecule has 0 radical (unpaired) electrons. The fourth-order valence-electron chi connectivity index (χ4n) is 2.93. The number of pyridine rings is 1. The first kappa shape index (κ1) is 21.4. The van der Waals surface area contributed by atoms with Crippen LogP contribution in [0, 0.1) is 6.92 Å². The standard InChI is InChI=1S/C21H14F6N2O/c1-12-10-13(20(22,23)24)11-28-18(12)15-7-3-5-9-17(15)29-19(30)14-6-2-4-8-16(14)21(25,26)27/h2-11H,1H3,(H,29,30). The van der Waals surface area contributed by atoms with Gasteiger partial charge < -0.3 is 5.32 Å². The largest absolute Gasteiger partial charge is 0.417 e. The third-order valence-electron chi connectivity index (χ3n) is 4.31. The molecule has 2 aromatic carbocycles. The number of aromatic nitrogens is 1. The highest BCUT2D eigenvalue weighted by atomic mass is 19.4. The van der Waals surface area contributed by atoms with Crippen molar-refractivity contribution in [1.82, 2.24) is 4.98 Å². The van der Waals surface area contributed by atoms with Gasteiger partial charge in [0.25, 0.3) is 5.91 Å². The maximum Gasteiger partial charge on any atom is 0.417 e. The second-order valence-corrected chi connectivity index (χ2v) is 6.43. The number of amides is 1. The van der Waals surface area contributed by atoms with Gasteiger partial charge in [-0.15, -0.1) is 0 Å². The summed E-state index contributed by atoms with van der Waals surface area (Å²) in [5.41, 5.74) is -1.83. The van der Waals surface area contributed by atoms with Crippen LogP contribution in [0.5, 0.6) is 0 Å². The minimum atomic E-state index is -4.72. The van der Waals surface area contributed by atoms with Crippen LogP contribution in [-0.4, -0.2) is 10.9 Å². The summed E-state index contributed by atoms with van der Waals surface area (Å²) in [6, 6.07) is 11.3. The molecule has 1 N–H and O–H groups in total. The third-order valence-corrected chi connectivity index (χ3v) is 4.31. The molecule has 156 valence electrons. The molecular formula is C21H14F6N2O. The predicted octanol–water partition coefficient (Wildman–Crippen LogP) is 6.35. The average molecular weight is 424 g/mol. The van der Waals surface area contributed by atoms with Crippen molar-refractivity contribution in [2.75, 3.05) is 5.32 Å². The summed E-state index contributed by atoms with van der Waals surface area (Å²) < 4.78 is 78.2. The summed E-state index contributed by atoms with van der Waals surface area (Å²) >= 11 is 0. The Morgan fingerprint density at radius 1 is 0.900 bits per heavy atom. The van der Waals surface area contributed by atoms with Gasteiger partial charge in [-0.1, -0.05) is 30.3 Å². The van der Waals surface area contributed by atoms with Gasteiger partial charge in [0.1, 0.15) is 0 Å². The maximum atomic E-state index is 13.2. The summed E-state index contributed by atoms with van der Waals surface area (Å²) in [5.74, 6) is -1.00. The lowest BCUT2D eigenvalue weighted by molar-refractivity contribution is -0.138.